The Morgan fingerprint density at radius 2 is 2.12 bits per heavy atom. The van der Waals surface area contributed by atoms with Crippen molar-refractivity contribution < 1.29 is 4.79 Å². The summed E-state index contributed by atoms with van der Waals surface area (Å²) in [5, 5.41) is 0. The Morgan fingerprint density at radius 1 is 1.44 bits per heavy atom. The molecule has 1 atom stereocenters. The Morgan fingerprint density at radius 3 is 2.69 bits per heavy atom. The van der Waals surface area contributed by atoms with Gasteiger partial charge in [0.1, 0.15) is 0 Å². The smallest absolute Gasteiger partial charge is 0.161 e. The maximum atomic E-state index is 12.0. The second-order valence-corrected chi connectivity index (χ2v) is 5.97. The van der Waals surface area contributed by atoms with Crippen molar-refractivity contribution in [3.8, 4) is 0 Å². The molecule has 0 saturated carbocycles. The van der Waals surface area contributed by atoms with Crippen LogP contribution in [-0.4, -0.2) is 5.78 Å². The second kappa shape index (κ2) is 3.87. The topological polar surface area (TPSA) is 17.1 Å². The van der Waals surface area contributed by atoms with Crippen LogP contribution in [0.3, 0.4) is 0 Å². The fraction of sp³-hybridized carbons (Fsp3) is 0.667. The van der Waals surface area contributed by atoms with E-state index in [2.05, 4.69) is 19.9 Å². The molecule has 0 N–H and O–H groups in total. The largest absolute Gasteiger partial charge is 0.294 e. The van der Waals surface area contributed by atoms with Gasteiger partial charge in [-0.15, -0.1) is 0 Å². The van der Waals surface area contributed by atoms with Crippen LogP contribution >= 0.6 is 0 Å². The molecule has 16 heavy (non-hydrogen) atoms. The maximum absolute atomic E-state index is 12.0. The van der Waals surface area contributed by atoms with Gasteiger partial charge in [0.25, 0.3) is 0 Å². The van der Waals surface area contributed by atoms with E-state index in [1.54, 1.807) is 0 Å². The first-order chi connectivity index (χ1) is 7.44. The molecule has 0 aromatic heterocycles. The highest BCUT2D eigenvalue weighted by Gasteiger charge is 2.39. The average Bonchev–Trinajstić information content (AvgIpc) is 2.56. The number of rotatable bonds is 2. The van der Waals surface area contributed by atoms with E-state index in [0.29, 0.717) is 5.78 Å². The predicted octanol–water partition coefficient (Wildman–Crippen LogP) is 4.05. The van der Waals surface area contributed by atoms with Crippen molar-refractivity contribution in [2.24, 2.45) is 11.3 Å². The van der Waals surface area contributed by atoms with Gasteiger partial charge in [-0.3, -0.25) is 4.79 Å². The van der Waals surface area contributed by atoms with Gasteiger partial charge in [-0.05, 0) is 49.2 Å². The molecule has 0 radical (unpaired) electrons. The number of carbonyl (C=O) groups excluding carboxylic acids is 1. The first kappa shape index (κ1) is 11.6. The Labute approximate surface area is 98.6 Å². The van der Waals surface area contributed by atoms with Gasteiger partial charge in [0.15, 0.2) is 5.78 Å². The maximum Gasteiger partial charge on any atom is 0.161 e. The molecule has 1 nitrogen and oxygen atoms in total. The van der Waals surface area contributed by atoms with E-state index in [9.17, 15) is 4.79 Å². The van der Waals surface area contributed by atoms with Gasteiger partial charge in [0.05, 0.1) is 0 Å². The van der Waals surface area contributed by atoms with Gasteiger partial charge in [-0.25, -0.2) is 0 Å². The highest BCUT2D eigenvalue weighted by Crippen LogP contribution is 2.50. The molecular weight excluding hydrogens is 196 g/mol. The molecule has 0 saturated heterocycles. The lowest BCUT2D eigenvalue weighted by Crippen LogP contribution is -2.20. The summed E-state index contributed by atoms with van der Waals surface area (Å²) >= 11 is 0. The zero-order chi connectivity index (χ0) is 11.9. The molecule has 0 aliphatic heterocycles. The standard InChI is InChI=1S/C15H22O/c1-10(2)14(16)12-8-13-11(3)6-5-7-15(13,4)9-12/h8,10H,5-7,9H2,1-4H3/t15-/m1/s1. The van der Waals surface area contributed by atoms with Gasteiger partial charge < -0.3 is 0 Å². The molecule has 2 aliphatic carbocycles. The van der Waals surface area contributed by atoms with Crippen LogP contribution in [0, 0.1) is 11.3 Å². The zero-order valence-corrected chi connectivity index (χ0v) is 10.9. The van der Waals surface area contributed by atoms with Gasteiger partial charge in [0.2, 0.25) is 0 Å². The third kappa shape index (κ3) is 1.77. The van der Waals surface area contributed by atoms with Crippen LogP contribution in [-0.2, 0) is 4.79 Å². The number of hydrogen-bond acceptors (Lipinski definition) is 1. The number of allylic oxidation sites excluding steroid dienone is 4. The molecule has 88 valence electrons. The lowest BCUT2D eigenvalue weighted by atomic mass is 9.72. The summed E-state index contributed by atoms with van der Waals surface area (Å²) in [7, 11) is 0. The van der Waals surface area contributed by atoms with Crippen LogP contribution in [0.4, 0.5) is 0 Å². The van der Waals surface area contributed by atoms with E-state index < -0.39 is 0 Å². The number of fused-ring (bicyclic) bond motifs is 1. The molecule has 1 heteroatoms. The summed E-state index contributed by atoms with van der Waals surface area (Å²) in [5.74, 6) is 0.479. The van der Waals surface area contributed by atoms with Crippen molar-refractivity contribution in [2.75, 3.05) is 0 Å². The van der Waals surface area contributed by atoms with Crippen LogP contribution in [0.5, 0.6) is 0 Å². The number of carbonyl (C=O) groups is 1. The zero-order valence-electron chi connectivity index (χ0n) is 10.9. The fourth-order valence-electron chi connectivity index (χ4n) is 3.18. The van der Waals surface area contributed by atoms with Crippen LogP contribution < -0.4 is 0 Å². The minimum absolute atomic E-state index is 0.135. The van der Waals surface area contributed by atoms with E-state index >= 15 is 0 Å². The monoisotopic (exact) mass is 218 g/mol. The number of ketones is 1. The Kier molecular flexibility index (Phi) is 2.81. The van der Waals surface area contributed by atoms with Crippen molar-refractivity contribution in [2.45, 2.75) is 53.4 Å². The molecule has 0 fully saturated rings. The third-order valence-electron chi connectivity index (χ3n) is 4.13. The van der Waals surface area contributed by atoms with E-state index in [-0.39, 0.29) is 11.3 Å². The van der Waals surface area contributed by atoms with Crippen molar-refractivity contribution >= 4 is 5.78 Å². The molecule has 0 unspecified atom stereocenters. The summed E-state index contributed by atoms with van der Waals surface area (Å²) in [6.07, 6.45) is 6.89. The van der Waals surface area contributed by atoms with Gasteiger partial charge in [-0.2, -0.15) is 0 Å². The molecule has 2 rings (SSSR count). The summed E-state index contributed by atoms with van der Waals surface area (Å²) < 4.78 is 0. The molecule has 0 spiro atoms. The van der Waals surface area contributed by atoms with Crippen molar-refractivity contribution in [3.63, 3.8) is 0 Å². The Balaban J connectivity index is 2.34. The normalized spacial score (nSPS) is 29.4. The second-order valence-electron chi connectivity index (χ2n) is 5.97. The quantitative estimate of drug-likeness (QED) is 0.683. The van der Waals surface area contributed by atoms with E-state index in [1.807, 2.05) is 13.8 Å². The molecule has 2 aliphatic rings. The van der Waals surface area contributed by atoms with Gasteiger partial charge in [0, 0.05) is 5.92 Å². The van der Waals surface area contributed by atoms with E-state index in [1.165, 1.54) is 30.4 Å². The van der Waals surface area contributed by atoms with Gasteiger partial charge in [-0.1, -0.05) is 32.4 Å². The lowest BCUT2D eigenvalue weighted by molar-refractivity contribution is -0.118. The number of Topliss-reactive ketones (excluding diaryl/α,β-unsaturated/α-hetero) is 1. The van der Waals surface area contributed by atoms with Crippen molar-refractivity contribution in [1.29, 1.82) is 0 Å². The first-order valence-corrected chi connectivity index (χ1v) is 6.39. The van der Waals surface area contributed by atoms with Gasteiger partial charge >= 0.3 is 0 Å². The van der Waals surface area contributed by atoms with E-state index in [0.717, 1.165) is 12.0 Å². The SMILES string of the molecule is CC1=C2C=C(C(=O)C(C)C)C[C@@]2(C)CCC1. The summed E-state index contributed by atoms with van der Waals surface area (Å²) in [5.41, 5.74) is 4.29. The summed E-state index contributed by atoms with van der Waals surface area (Å²) in [4.78, 5) is 12.0. The van der Waals surface area contributed by atoms with Crippen molar-refractivity contribution in [1.82, 2.24) is 0 Å². The highest BCUT2D eigenvalue weighted by atomic mass is 16.1. The van der Waals surface area contributed by atoms with Crippen LogP contribution in [0.2, 0.25) is 0 Å². The minimum Gasteiger partial charge on any atom is -0.294 e. The minimum atomic E-state index is 0.135. The molecular formula is C15H22O. The third-order valence-corrected chi connectivity index (χ3v) is 4.13. The highest BCUT2D eigenvalue weighted by molar-refractivity contribution is 5.98. The average molecular weight is 218 g/mol. The molecule has 0 aromatic rings. The fourth-order valence-corrected chi connectivity index (χ4v) is 3.18. The molecule has 0 bridgehead atoms. The summed E-state index contributed by atoms with van der Waals surface area (Å²) in [6, 6.07) is 0. The Bertz CT molecular complexity index is 384. The van der Waals surface area contributed by atoms with Crippen LogP contribution in [0.15, 0.2) is 22.8 Å². The number of hydrogen-bond donors (Lipinski definition) is 0. The first-order valence-electron chi connectivity index (χ1n) is 6.39. The molecule has 0 heterocycles. The lowest BCUT2D eigenvalue weighted by Gasteiger charge is -2.32. The molecule has 0 amide bonds. The van der Waals surface area contributed by atoms with Crippen LogP contribution in [0.25, 0.3) is 0 Å². The summed E-state index contributed by atoms with van der Waals surface area (Å²) in [6.45, 7) is 8.54. The molecule has 0 aromatic carbocycles. The van der Waals surface area contributed by atoms with Crippen molar-refractivity contribution in [3.05, 3.63) is 22.8 Å². The predicted molar refractivity (Wildman–Crippen MR) is 67.2 cm³/mol. The van der Waals surface area contributed by atoms with E-state index in [4.69, 9.17) is 0 Å². The Hall–Kier alpha value is -0.850. The van der Waals surface area contributed by atoms with Crippen LogP contribution in [0.1, 0.15) is 53.4 Å².